The van der Waals surface area contributed by atoms with E-state index in [9.17, 15) is 32.7 Å². The first-order valence-corrected chi connectivity index (χ1v) is 10.1. The van der Waals surface area contributed by atoms with Crippen LogP contribution in [-0.2, 0) is 13.1 Å². The summed E-state index contributed by atoms with van der Waals surface area (Å²) in [7, 11) is 1.89. The van der Waals surface area contributed by atoms with E-state index in [1.165, 1.54) is 4.57 Å². The van der Waals surface area contributed by atoms with E-state index in [0.29, 0.717) is 25.0 Å². The number of aldehydes is 1. The van der Waals surface area contributed by atoms with E-state index in [4.69, 9.17) is 0 Å². The van der Waals surface area contributed by atoms with Crippen molar-refractivity contribution in [2.75, 3.05) is 13.6 Å². The quantitative estimate of drug-likeness (QED) is 0.540. The lowest BCUT2D eigenvalue weighted by Crippen LogP contribution is -2.34. The van der Waals surface area contributed by atoms with Gasteiger partial charge < -0.3 is 19.9 Å². The fourth-order valence-corrected chi connectivity index (χ4v) is 3.26. The van der Waals surface area contributed by atoms with Gasteiger partial charge in [0.25, 0.3) is 5.91 Å². The predicted octanol–water partition coefficient (Wildman–Crippen LogP) is 2.83. The van der Waals surface area contributed by atoms with E-state index in [1.807, 2.05) is 18.9 Å². The molecule has 2 N–H and O–H groups in total. The topological polar surface area (TPSA) is 91.6 Å². The van der Waals surface area contributed by atoms with Crippen molar-refractivity contribution in [2.24, 2.45) is 0 Å². The van der Waals surface area contributed by atoms with Crippen LogP contribution in [0.15, 0.2) is 23.1 Å². The first-order chi connectivity index (χ1) is 15.1. The highest BCUT2D eigenvalue weighted by atomic mass is 19.1. The molecule has 1 unspecified atom stereocenters. The average molecular weight is 453 g/mol. The maximum absolute atomic E-state index is 13.8. The van der Waals surface area contributed by atoms with E-state index < -0.39 is 52.2 Å². The molecule has 0 spiro atoms. The van der Waals surface area contributed by atoms with Crippen LogP contribution in [0.25, 0.3) is 0 Å². The lowest BCUT2D eigenvalue weighted by atomic mass is 10.1. The maximum Gasteiger partial charge on any atom is 0.257 e. The van der Waals surface area contributed by atoms with E-state index in [1.54, 1.807) is 0 Å². The number of halogens is 3. The Morgan fingerprint density at radius 2 is 1.91 bits per heavy atom. The number of carbonyl (C=O) groups is 2. The largest absolute Gasteiger partial charge is 0.503 e. The monoisotopic (exact) mass is 453 g/mol. The van der Waals surface area contributed by atoms with Gasteiger partial charge in [-0.2, -0.15) is 0 Å². The van der Waals surface area contributed by atoms with Crippen LogP contribution in [-0.4, -0.2) is 46.4 Å². The number of amides is 1. The molecule has 174 valence electrons. The summed E-state index contributed by atoms with van der Waals surface area (Å²) in [6.07, 6.45) is 3.38. The van der Waals surface area contributed by atoms with Crippen molar-refractivity contribution in [1.82, 2.24) is 14.8 Å². The SMILES string of the molecule is CCCC(C)N(C)CCn1cc(C(=O)NCc2c(F)cc(F)cc2F)c(=O)c(O)c1C=O. The van der Waals surface area contributed by atoms with Gasteiger partial charge in [-0.1, -0.05) is 13.3 Å². The van der Waals surface area contributed by atoms with Gasteiger partial charge >= 0.3 is 0 Å². The molecule has 0 bridgehead atoms. The fraction of sp³-hybridized carbons (Fsp3) is 0.409. The van der Waals surface area contributed by atoms with Gasteiger partial charge in [-0.15, -0.1) is 0 Å². The molecule has 1 heterocycles. The van der Waals surface area contributed by atoms with Crippen LogP contribution >= 0.6 is 0 Å². The van der Waals surface area contributed by atoms with Crippen LogP contribution in [0.2, 0.25) is 0 Å². The zero-order chi connectivity index (χ0) is 24.0. The molecule has 2 rings (SSSR count). The second-order valence-electron chi connectivity index (χ2n) is 7.57. The Bertz CT molecular complexity index is 1030. The smallest absolute Gasteiger partial charge is 0.257 e. The second kappa shape index (κ2) is 10.9. The van der Waals surface area contributed by atoms with Gasteiger partial charge in [-0.05, 0) is 20.4 Å². The third kappa shape index (κ3) is 5.76. The normalized spacial score (nSPS) is 12.1. The number of pyridine rings is 1. The van der Waals surface area contributed by atoms with Gasteiger partial charge in [0.05, 0.1) is 0 Å². The van der Waals surface area contributed by atoms with Crippen molar-refractivity contribution in [3.63, 3.8) is 0 Å². The third-order valence-electron chi connectivity index (χ3n) is 5.34. The van der Waals surface area contributed by atoms with Crippen LogP contribution in [0, 0.1) is 17.5 Å². The zero-order valence-electron chi connectivity index (χ0n) is 18.1. The van der Waals surface area contributed by atoms with Crippen LogP contribution in [0.5, 0.6) is 5.75 Å². The Morgan fingerprint density at radius 3 is 2.47 bits per heavy atom. The Morgan fingerprint density at radius 1 is 1.28 bits per heavy atom. The molecule has 32 heavy (non-hydrogen) atoms. The molecule has 1 amide bonds. The van der Waals surface area contributed by atoms with Gasteiger partial charge in [0.2, 0.25) is 5.43 Å². The summed E-state index contributed by atoms with van der Waals surface area (Å²) >= 11 is 0. The highest BCUT2D eigenvalue weighted by Gasteiger charge is 2.21. The minimum atomic E-state index is -1.19. The number of aromatic hydroxyl groups is 1. The summed E-state index contributed by atoms with van der Waals surface area (Å²) in [5.41, 5.74) is -2.45. The lowest BCUT2D eigenvalue weighted by molar-refractivity contribution is 0.0946. The number of hydrogen-bond acceptors (Lipinski definition) is 5. The molecular formula is C22H26F3N3O4. The van der Waals surface area contributed by atoms with E-state index >= 15 is 0 Å². The van der Waals surface area contributed by atoms with Crippen LogP contribution in [0.1, 0.15) is 53.1 Å². The number of nitrogens with zero attached hydrogens (tertiary/aromatic N) is 2. The van der Waals surface area contributed by atoms with Gasteiger partial charge in [-0.3, -0.25) is 14.4 Å². The molecule has 1 aromatic carbocycles. The van der Waals surface area contributed by atoms with Crippen molar-refractivity contribution in [3.8, 4) is 5.75 Å². The highest BCUT2D eigenvalue weighted by Crippen LogP contribution is 2.16. The number of hydrogen-bond donors (Lipinski definition) is 2. The Labute approximate surface area is 183 Å². The maximum atomic E-state index is 13.8. The molecule has 0 saturated carbocycles. The van der Waals surface area contributed by atoms with Crippen molar-refractivity contribution >= 4 is 12.2 Å². The molecular weight excluding hydrogens is 427 g/mol. The van der Waals surface area contributed by atoms with Crippen molar-refractivity contribution in [2.45, 2.75) is 45.8 Å². The van der Waals surface area contributed by atoms with Crippen molar-refractivity contribution in [3.05, 3.63) is 62.8 Å². The zero-order valence-corrected chi connectivity index (χ0v) is 18.1. The summed E-state index contributed by atoms with van der Waals surface area (Å²) in [6, 6.07) is 1.20. The second-order valence-corrected chi connectivity index (χ2v) is 7.57. The lowest BCUT2D eigenvalue weighted by Gasteiger charge is -2.25. The molecule has 2 aromatic rings. The molecule has 0 saturated heterocycles. The molecule has 0 aliphatic heterocycles. The number of benzene rings is 1. The first-order valence-electron chi connectivity index (χ1n) is 10.1. The van der Waals surface area contributed by atoms with Crippen LogP contribution in [0.3, 0.4) is 0 Å². The molecule has 0 aliphatic carbocycles. The van der Waals surface area contributed by atoms with Crippen LogP contribution < -0.4 is 10.7 Å². The molecule has 0 fully saturated rings. The number of nitrogens with one attached hydrogen (secondary N) is 1. The van der Waals surface area contributed by atoms with Gasteiger partial charge in [0, 0.05) is 49.6 Å². The number of carbonyl (C=O) groups excluding carboxylic acids is 2. The Balaban J connectivity index is 2.27. The fourth-order valence-electron chi connectivity index (χ4n) is 3.26. The molecule has 1 atom stereocenters. The van der Waals surface area contributed by atoms with E-state index in [2.05, 4.69) is 12.2 Å². The Kier molecular flexibility index (Phi) is 8.59. The summed E-state index contributed by atoms with van der Waals surface area (Å²) in [5.74, 6) is -5.39. The first kappa shape index (κ1) is 25.1. The molecule has 10 heteroatoms. The number of likely N-dealkylation sites (N-methyl/N-ethyl adjacent to an activating group) is 1. The summed E-state index contributed by atoms with van der Waals surface area (Å²) in [4.78, 5) is 38.3. The summed E-state index contributed by atoms with van der Waals surface area (Å²) in [6.45, 7) is 4.12. The Hall–Kier alpha value is -3.14. The summed E-state index contributed by atoms with van der Waals surface area (Å²) < 4.78 is 41.9. The molecule has 1 aromatic heterocycles. The van der Waals surface area contributed by atoms with Crippen LogP contribution in [0.4, 0.5) is 13.2 Å². The van der Waals surface area contributed by atoms with Crippen molar-refractivity contribution < 1.29 is 27.9 Å². The summed E-state index contributed by atoms with van der Waals surface area (Å²) in [5, 5.41) is 12.3. The standard InChI is InChI=1S/C22H26F3N3O4/c1-4-5-13(2)27(3)6-7-28-11-16(20(30)21(31)19(28)12-29)22(32)26-10-15-17(24)8-14(23)9-18(15)25/h8-9,11-13,31H,4-7,10H2,1-3H3,(H,26,32). The van der Waals surface area contributed by atoms with Gasteiger partial charge in [0.1, 0.15) is 28.7 Å². The van der Waals surface area contributed by atoms with Crippen molar-refractivity contribution in [1.29, 1.82) is 0 Å². The molecule has 0 aliphatic rings. The van der Waals surface area contributed by atoms with Gasteiger partial charge in [-0.25, -0.2) is 13.2 Å². The number of aromatic nitrogens is 1. The van der Waals surface area contributed by atoms with Gasteiger partial charge in [0.15, 0.2) is 12.0 Å². The minimum absolute atomic E-state index is 0.202. The van der Waals surface area contributed by atoms with E-state index in [-0.39, 0.29) is 18.3 Å². The predicted molar refractivity (Wildman–Crippen MR) is 112 cm³/mol. The number of rotatable bonds is 10. The van der Waals surface area contributed by atoms with E-state index in [0.717, 1.165) is 19.0 Å². The third-order valence-corrected chi connectivity index (χ3v) is 5.34. The highest BCUT2D eigenvalue weighted by molar-refractivity contribution is 5.95. The molecule has 7 nitrogen and oxygen atoms in total. The minimum Gasteiger partial charge on any atom is -0.503 e. The average Bonchev–Trinajstić information content (AvgIpc) is 2.73. The molecule has 0 radical (unpaired) electrons.